The lowest BCUT2D eigenvalue weighted by Gasteiger charge is -2.29. The molecule has 0 radical (unpaired) electrons. The molecule has 0 bridgehead atoms. The van der Waals surface area contributed by atoms with Crippen LogP contribution in [-0.4, -0.2) is 73.5 Å². The SMILES string of the molecule is CC(NC(=O)C1CC(=O)N(C)C1)C(=O)N1CCOCC1. The Balaban J connectivity index is 1.84. The van der Waals surface area contributed by atoms with E-state index in [1.807, 2.05) is 0 Å². The van der Waals surface area contributed by atoms with Gasteiger partial charge >= 0.3 is 0 Å². The molecule has 0 saturated carbocycles. The number of morpholine rings is 1. The molecule has 2 fully saturated rings. The van der Waals surface area contributed by atoms with E-state index in [2.05, 4.69) is 5.32 Å². The quantitative estimate of drug-likeness (QED) is 0.708. The van der Waals surface area contributed by atoms with Gasteiger partial charge in [0, 0.05) is 33.1 Å². The fraction of sp³-hybridized carbons (Fsp3) is 0.769. The van der Waals surface area contributed by atoms with Crippen LogP contribution in [0.25, 0.3) is 0 Å². The maximum absolute atomic E-state index is 12.2. The first kappa shape index (κ1) is 14.8. The average molecular weight is 283 g/mol. The summed E-state index contributed by atoms with van der Waals surface area (Å²) in [5.41, 5.74) is 0. The summed E-state index contributed by atoms with van der Waals surface area (Å²) in [5.74, 6) is -0.708. The van der Waals surface area contributed by atoms with Crippen molar-refractivity contribution in [3.63, 3.8) is 0 Å². The van der Waals surface area contributed by atoms with Crippen molar-refractivity contribution in [1.29, 1.82) is 0 Å². The Labute approximate surface area is 118 Å². The number of carbonyl (C=O) groups excluding carboxylic acids is 3. The van der Waals surface area contributed by atoms with E-state index < -0.39 is 6.04 Å². The third kappa shape index (κ3) is 3.27. The molecule has 2 saturated heterocycles. The van der Waals surface area contributed by atoms with Gasteiger partial charge < -0.3 is 19.9 Å². The molecule has 2 atom stereocenters. The number of likely N-dealkylation sites (tertiary alicyclic amines) is 1. The van der Waals surface area contributed by atoms with Crippen molar-refractivity contribution in [2.75, 3.05) is 39.9 Å². The molecule has 0 aliphatic carbocycles. The summed E-state index contributed by atoms with van der Waals surface area (Å²) < 4.78 is 5.19. The van der Waals surface area contributed by atoms with Crippen LogP contribution in [0.4, 0.5) is 0 Å². The van der Waals surface area contributed by atoms with Gasteiger partial charge in [0.25, 0.3) is 0 Å². The minimum Gasteiger partial charge on any atom is -0.378 e. The predicted molar refractivity (Wildman–Crippen MR) is 70.7 cm³/mol. The number of nitrogens with one attached hydrogen (secondary N) is 1. The molecule has 2 aliphatic heterocycles. The highest BCUT2D eigenvalue weighted by atomic mass is 16.5. The second-order valence-electron chi connectivity index (χ2n) is 5.34. The fourth-order valence-electron chi connectivity index (χ4n) is 2.49. The lowest BCUT2D eigenvalue weighted by Crippen LogP contribution is -2.51. The van der Waals surface area contributed by atoms with Crippen molar-refractivity contribution < 1.29 is 19.1 Å². The Bertz CT molecular complexity index is 406. The maximum Gasteiger partial charge on any atom is 0.245 e. The third-order valence-corrected chi connectivity index (χ3v) is 3.76. The van der Waals surface area contributed by atoms with E-state index in [4.69, 9.17) is 4.74 Å². The Kier molecular flexibility index (Phi) is 4.59. The Hall–Kier alpha value is -1.63. The van der Waals surface area contributed by atoms with Gasteiger partial charge in [0.15, 0.2) is 0 Å². The molecule has 2 heterocycles. The van der Waals surface area contributed by atoms with Gasteiger partial charge in [-0.05, 0) is 6.92 Å². The highest BCUT2D eigenvalue weighted by Crippen LogP contribution is 2.16. The second kappa shape index (κ2) is 6.21. The molecule has 7 nitrogen and oxygen atoms in total. The van der Waals surface area contributed by atoms with Crippen molar-refractivity contribution >= 4 is 17.7 Å². The van der Waals surface area contributed by atoms with Crippen LogP contribution >= 0.6 is 0 Å². The Morgan fingerprint density at radius 3 is 2.55 bits per heavy atom. The number of ether oxygens (including phenoxy) is 1. The lowest BCUT2D eigenvalue weighted by atomic mass is 10.1. The van der Waals surface area contributed by atoms with E-state index >= 15 is 0 Å². The van der Waals surface area contributed by atoms with Gasteiger partial charge in [-0.1, -0.05) is 0 Å². The smallest absolute Gasteiger partial charge is 0.245 e. The summed E-state index contributed by atoms with van der Waals surface area (Å²) in [6.07, 6.45) is 0.223. The number of nitrogens with zero attached hydrogens (tertiary/aromatic N) is 2. The molecule has 0 aromatic carbocycles. The minimum absolute atomic E-state index is 0.0303. The minimum atomic E-state index is -0.568. The molecule has 2 rings (SSSR count). The Morgan fingerprint density at radius 1 is 1.35 bits per heavy atom. The van der Waals surface area contributed by atoms with Gasteiger partial charge in [0.2, 0.25) is 17.7 Å². The van der Waals surface area contributed by atoms with Crippen molar-refractivity contribution in [3.8, 4) is 0 Å². The lowest BCUT2D eigenvalue weighted by molar-refractivity contribution is -0.140. The molecule has 3 amide bonds. The van der Waals surface area contributed by atoms with Crippen LogP contribution in [-0.2, 0) is 19.1 Å². The predicted octanol–water partition coefficient (Wildman–Crippen LogP) is -1.17. The van der Waals surface area contributed by atoms with E-state index in [-0.39, 0.29) is 30.1 Å². The van der Waals surface area contributed by atoms with E-state index in [1.54, 1.807) is 23.8 Å². The zero-order valence-corrected chi connectivity index (χ0v) is 11.9. The summed E-state index contributed by atoms with van der Waals surface area (Å²) >= 11 is 0. The van der Waals surface area contributed by atoms with Gasteiger partial charge in [-0.3, -0.25) is 14.4 Å². The van der Waals surface area contributed by atoms with Crippen LogP contribution < -0.4 is 5.32 Å². The molecule has 20 heavy (non-hydrogen) atoms. The first-order valence-corrected chi connectivity index (χ1v) is 6.90. The topological polar surface area (TPSA) is 79.0 Å². The second-order valence-corrected chi connectivity index (χ2v) is 5.34. The third-order valence-electron chi connectivity index (χ3n) is 3.76. The van der Waals surface area contributed by atoms with E-state index in [0.29, 0.717) is 32.8 Å². The normalized spacial score (nSPS) is 24.7. The van der Waals surface area contributed by atoms with Crippen LogP contribution in [0.5, 0.6) is 0 Å². The number of amides is 3. The van der Waals surface area contributed by atoms with Crippen molar-refractivity contribution in [1.82, 2.24) is 15.1 Å². The van der Waals surface area contributed by atoms with Crippen LogP contribution in [0.15, 0.2) is 0 Å². The van der Waals surface area contributed by atoms with Crippen LogP contribution in [0.1, 0.15) is 13.3 Å². The number of carbonyl (C=O) groups is 3. The molecule has 7 heteroatoms. The molecule has 2 unspecified atom stereocenters. The van der Waals surface area contributed by atoms with Gasteiger partial charge in [0.05, 0.1) is 19.1 Å². The molecular weight excluding hydrogens is 262 g/mol. The van der Waals surface area contributed by atoms with Crippen LogP contribution in [0.3, 0.4) is 0 Å². The van der Waals surface area contributed by atoms with Crippen LogP contribution in [0.2, 0.25) is 0 Å². The average Bonchev–Trinajstić information content (AvgIpc) is 2.79. The van der Waals surface area contributed by atoms with Gasteiger partial charge in [-0.15, -0.1) is 0 Å². The highest BCUT2D eigenvalue weighted by molar-refractivity contribution is 5.92. The fourth-order valence-corrected chi connectivity index (χ4v) is 2.49. The van der Waals surface area contributed by atoms with E-state index in [0.717, 1.165) is 0 Å². The molecule has 1 N–H and O–H groups in total. The maximum atomic E-state index is 12.2. The molecule has 0 aromatic rings. The van der Waals surface area contributed by atoms with Crippen LogP contribution in [0, 0.1) is 5.92 Å². The Morgan fingerprint density at radius 2 is 2.00 bits per heavy atom. The van der Waals surface area contributed by atoms with Crippen molar-refractivity contribution in [2.24, 2.45) is 5.92 Å². The summed E-state index contributed by atoms with van der Waals surface area (Å²) in [5, 5.41) is 2.71. The standard InChI is InChI=1S/C13H21N3O4/c1-9(13(19)16-3-5-20-6-4-16)14-12(18)10-7-11(17)15(2)8-10/h9-10H,3-8H2,1-2H3,(H,14,18). The van der Waals surface area contributed by atoms with Gasteiger partial charge in [-0.2, -0.15) is 0 Å². The van der Waals surface area contributed by atoms with Gasteiger partial charge in [-0.25, -0.2) is 0 Å². The van der Waals surface area contributed by atoms with E-state index in [1.165, 1.54) is 0 Å². The summed E-state index contributed by atoms with van der Waals surface area (Å²) in [7, 11) is 1.68. The molecule has 112 valence electrons. The van der Waals surface area contributed by atoms with Gasteiger partial charge in [0.1, 0.15) is 6.04 Å². The zero-order chi connectivity index (χ0) is 14.7. The number of rotatable bonds is 3. The van der Waals surface area contributed by atoms with E-state index in [9.17, 15) is 14.4 Å². The summed E-state index contributed by atoms with van der Waals surface area (Å²) in [6, 6.07) is -0.568. The summed E-state index contributed by atoms with van der Waals surface area (Å²) in [6.45, 7) is 4.29. The first-order valence-electron chi connectivity index (χ1n) is 6.90. The zero-order valence-electron chi connectivity index (χ0n) is 11.9. The molecule has 2 aliphatic rings. The molecule has 0 aromatic heterocycles. The number of hydrogen-bond donors (Lipinski definition) is 1. The molecule has 0 spiro atoms. The first-order chi connectivity index (χ1) is 9.49. The largest absolute Gasteiger partial charge is 0.378 e. The number of hydrogen-bond acceptors (Lipinski definition) is 4. The molecular formula is C13H21N3O4. The highest BCUT2D eigenvalue weighted by Gasteiger charge is 2.34. The monoisotopic (exact) mass is 283 g/mol. The van der Waals surface area contributed by atoms with Crippen molar-refractivity contribution in [2.45, 2.75) is 19.4 Å². The summed E-state index contributed by atoms with van der Waals surface area (Å²) in [4.78, 5) is 38.9. The van der Waals surface area contributed by atoms with Crippen molar-refractivity contribution in [3.05, 3.63) is 0 Å².